The first-order valence-corrected chi connectivity index (χ1v) is 8.57. The molecule has 2 heterocycles. The van der Waals surface area contributed by atoms with Gasteiger partial charge in [-0.1, -0.05) is 13.3 Å². The molecule has 0 bridgehead atoms. The molecule has 0 aliphatic carbocycles. The third-order valence-corrected chi connectivity index (χ3v) is 6.84. The van der Waals surface area contributed by atoms with Gasteiger partial charge >= 0.3 is 0 Å². The van der Waals surface area contributed by atoms with E-state index in [1.54, 1.807) is 10.4 Å². The fourth-order valence-corrected chi connectivity index (χ4v) is 5.17. The van der Waals surface area contributed by atoms with E-state index in [1.165, 1.54) is 11.3 Å². The van der Waals surface area contributed by atoms with Gasteiger partial charge in [0, 0.05) is 19.0 Å². The van der Waals surface area contributed by atoms with Crippen molar-refractivity contribution in [3.05, 3.63) is 17.0 Å². The summed E-state index contributed by atoms with van der Waals surface area (Å²) in [6.07, 6.45) is 2.02. The van der Waals surface area contributed by atoms with Gasteiger partial charge in [0.1, 0.15) is 4.21 Å². The number of sulfonamides is 1. The summed E-state index contributed by atoms with van der Waals surface area (Å²) < 4.78 is 26.7. The van der Waals surface area contributed by atoms with Crippen molar-refractivity contribution >= 4 is 33.0 Å². The average molecular weight is 294 g/mol. The highest BCUT2D eigenvalue weighted by atomic mass is 35.5. The second kappa shape index (κ2) is 5.26. The van der Waals surface area contributed by atoms with E-state index in [0.717, 1.165) is 18.4 Å². The van der Waals surface area contributed by atoms with Crippen LogP contribution in [0.4, 0.5) is 0 Å². The molecule has 0 spiro atoms. The minimum absolute atomic E-state index is 0.365. The summed E-state index contributed by atoms with van der Waals surface area (Å²) in [6, 6.07) is 1.69. The maximum atomic E-state index is 12.3. The Kier molecular flexibility index (Phi) is 4.13. The molecule has 1 fully saturated rings. The van der Waals surface area contributed by atoms with Crippen LogP contribution in [0.2, 0.25) is 0 Å². The number of hydrogen-bond acceptors (Lipinski definition) is 3. The lowest BCUT2D eigenvalue weighted by Crippen LogP contribution is -2.28. The molecule has 1 atom stereocenters. The maximum absolute atomic E-state index is 12.3. The molecule has 2 rings (SSSR count). The molecule has 1 aliphatic rings. The fraction of sp³-hybridized carbons (Fsp3) is 0.636. The first kappa shape index (κ1) is 13.3. The Morgan fingerprint density at radius 2 is 2.35 bits per heavy atom. The largest absolute Gasteiger partial charge is 0.252 e. The van der Waals surface area contributed by atoms with Crippen LogP contribution in [0, 0.1) is 5.92 Å². The summed E-state index contributed by atoms with van der Waals surface area (Å²) >= 11 is 6.96. The molecule has 1 aromatic rings. The summed E-state index contributed by atoms with van der Waals surface area (Å²) in [5.41, 5.74) is 0.876. The van der Waals surface area contributed by atoms with E-state index >= 15 is 0 Å². The zero-order valence-electron chi connectivity index (χ0n) is 9.73. The van der Waals surface area contributed by atoms with E-state index in [2.05, 4.69) is 6.92 Å². The molecule has 17 heavy (non-hydrogen) atoms. The third-order valence-electron chi connectivity index (χ3n) is 3.20. The Morgan fingerprint density at radius 1 is 1.59 bits per heavy atom. The van der Waals surface area contributed by atoms with Crippen LogP contribution in [0.25, 0.3) is 0 Å². The van der Waals surface area contributed by atoms with Gasteiger partial charge in [-0.05, 0) is 29.3 Å². The Bertz CT molecular complexity index is 483. The lowest BCUT2D eigenvalue weighted by atomic mass is 10.1. The molecule has 0 radical (unpaired) electrons. The van der Waals surface area contributed by atoms with Gasteiger partial charge in [-0.2, -0.15) is 4.31 Å². The number of rotatable bonds is 4. The highest BCUT2D eigenvalue weighted by molar-refractivity contribution is 7.91. The third kappa shape index (κ3) is 2.67. The van der Waals surface area contributed by atoms with Crippen molar-refractivity contribution in [1.29, 1.82) is 0 Å². The van der Waals surface area contributed by atoms with Crippen molar-refractivity contribution in [2.45, 2.75) is 29.9 Å². The van der Waals surface area contributed by atoms with Crippen molar-refractivity contribution in [1.82, 2.24) is 4.31 Å². The molecule has 1 aromatic heterocycles. The van der Waals surface area contributed by atoms with Crippen LogP contribution < -0.4 is 0 Å². The SMILES string of the molecule is CCC1CCN(S(=O)(=O)c2cc(CCl)cs2)C1. The van der Waals surface area contributed by atoms with Gasteiger partial charge in [-0.15, -0.1) is 22.9 Å². The Balaban J connectivity index is 2.19. The summed E-state index contributed by atoms with van der Waals surface area (Å²) in [5.74, 6) is 0.876. The van der Waals surface area contributed by atoms with Crippen molar-refractivity contribution in [2.24, 2.45) is 5.92 Å². The predicted octanol–water partition coefficient (Wildman–Crippen LogP) is 2.91. The van der Waals surface area contributed by atoms with Gasteiger partial charge in [0.2, 0.25) is 0 Å². The Morgan fingerprint density at radius 3 is 2.88 bits per heavy atom. The molecule has 0 aromatic carbocycles. The molecule has 3 nitrogen and oxygen atoms in total. The van der Waals surface area contributed by atoms with E-state index in [1.807, 2.05) is 5.38 Å². The normalized spacial score (nSPS) is 22.1. The summed E-state index contributed by atoms with van der Waals surface area (Å²) in [6.45, 7) is 3.42. The number of alkyl halides is 1. The zero-order chi connectivity index (χ0) is 12.5. The van der Waals surface area contributed by atoms with Gasteiger partial charge in [-0.25, -0.2) is 8.42 Å². The predicted molar refractivity (Wildman–Crippen MR) is 71.0 cm³/mol. The quantitative estimate of drug-likeness (QED) is 0.801. The van der Waals surface area contributed by atoms with E-state index in [-0.39, 0.29) is 0 Å². The molecule has 0 saturated carbocycles. The number of thiophene rings is 1. The smallest absolute Gasteiger partial charge is 0.206 e. The van der Waals surface area contributed by atoms with Crippen LogP contribution in [-0.2, 0) is 15.9 Å². The summed E-state index contributed by atoms with van der Waals surface area (Å²) in [7, 11) is -3.28. The Labute approximate surface area is 111 Å². The minimum Gasteiger partial charge on any atom is -0.206 e. The monoisotopic (exact) mass is 293 g/mol. The van der Waals surface area contributed by atoms with Crippen molar-refractivity contribution in [3.8, 4) is 0 Å². The van der Waals surface area contributed by atoms with Crippen LogP contribution in [0.1, 0.15) is 25.3 Å². The van der Waals surface area contributed by atoms with E-state index in [9.17, 15) is 8.42 Å². The van der Waals surface area contributed by atoms with Crippen molar-refractivity contribution in [2.75, 3.05) is 13.1 Å². The molecule has 0 N–H and O–H groups in total. The van der Waals surface area contributed by atoms with Crippen molar-refractivity contribution in [3.63, 3.8) is 0 Å². The molecular formula is C11H16ClNO2S2. The lowest BCUT2D eigenvalue weighted by molar-refractivity contribution is 0.454. The number of hydrogen-bond donors (Lipinski definition) is 0. The van der Waals surface area contributed by atoms with Gasteiger partial charge in [0.15, 0.2) is 0 Å². The van der Waals surface area contributed by atoms with Crippen LogP contribution >= 0.6 is 22.9 Å². The minimum atomic E-state index is -3.28. The second-order valence-electron chi connectivity index (χ2n) is 4.33. The van der Waals surface area contributed by atoms with Crippen LogP contribution in [0.3, 0.4) is 0 Å². The van der Waals surface area contributed by atoms with E-state index in [0.29, 0.717) is 29.1 Å². The van der Waals surface area contributed by atoms with Crippen LogP contribution in [-0.4, -0.2) is 25.8 Å². The highest BCUT2D eigenvalue weighted by Gasteiger charge is 2.32. The first-order valence-electron chi connectivity index (χ1n) is 5.71. The Hall–Kier alpha value is -0.100. The molecule has 96 valence electrons. The van der Waals surface area contributed by atoms with Gasteiger partial charge in [-0.3, -0.25) is 0 Å². The van der Waals surface area contributed by atoms with E-state index in [4.69, 9.17) is 11.6 Å². The zero-order valence-corrected chi connectivity index (χ0v) is 12.1. The van der Waals surface area contributed by atoms with Crippen LogP contribution in [0.15, 0.2) is 15.7 Å². The summed E-state index contributed by atoms with van der Waals surface area (Å²) in [5, 5.41) is 1.81. The average Bonchev–Trinajstić information content (AvgIpc) is 2.98. The molecule has 0 amide bonds. The second-order valence-corrected chi connectivity index (χ2v) is 7.68. The summed E-state index contributed by atoms with van der Waals surface area (Å²) in [4.78, 5) is 0. The van der Waals surface area contributed by atoms with Crippen LogP contribution in [0.5, 0.6) is 0 Å². The van der Waals surface area contributed by atoms with Crippen molar-refractivity contribution < 1.29 is 8.42 Å². The molecule has 1 saturated heterocycles. The fourth-order valence-electron chi connectivity index (χ4n) is 2.03. The standard InChI is InChI=1S/C11H16ClNO2S2/c1-2-9-3-4-13(7-9)17(14,15)11-5-10(6-12)8-16-11/h5,8-9H,2-4,6-7H2,1H3. The maximum Gasteiger partial charge on any atom is 0.252 e. The molecular weight excluding hydrogens is 278 g/mol. The lowest BCUT2D eigenvalue weighted by Gasteiger charge is -2.14. The van der Waals surface area contributed by atoms with E-state index < -0.39 is 10.0 Å². The number of halogens is 1. The molecule has 1 aliphatic heterocycles. The van der Waals surface area contributed by atoms with Gasteiger partial charge in [0.05, 0.1) is 0 Å². The number of nitrogens with zero attached hydrogens (tertiary/aromatic N) is 1. The highest BCUT2D eigenvalue weighted by Crippen LogP contribution is 2.29. The molecule has 6 heteroatoms. The van der Waals surface area contributed by atoms with Gasteiger partial charge in [0.25, 0.3) is 10.0 Å². The topological polar surface area (TPSA) is 37.4 Å². The first-order chi connectivity index (χ1) is 8.07. The van der Waals surface area contributed by atoms with Gasteiger partial charge < -0.3 is 0 Å². The molecule has 1 unspecified atom stereocenters.